The number of ether oxygens (including phenoxy) is 2. The Morgan fingerprint density at radius 3 is 2.60 bits per heavy atom. The molecule has 0 bridgehead atoms. The number of aryl methyl sites for hydroxylation is 1. The number of tetrazole rings is 1. The number of aromatic nitrogens is 5. The van der Waals surface area contributed by atoms with Crippen LogP contribution >= 0.6 is 0 Å². The molecule has 1 aliphatic rings. The highest BCUT2D eigenvalue weighted by molar-refractivity contribution is 5.79. The standard InChI is InChI=1S/C31H40N6O3/c1-5-27(30-33-34-35-37(30)25-9-7-6-8-10-25)36(16-15-22-12-14-28(39-3)29(18-22)40-4)20-24-19-23-13-11-21(2)17-26(23)32-31(24)38/h11-14,17-19,25,27H,5-10,15-16,20H2,1-4H3,(H,32,38). The predicted molar refractivity (Wildman–Crippen MR) is 156 cm³/mol. The van der Waals surface area contributed by atoms with Gasteiger partial charge in [-0.1, -0.05) is 44.4 Å². The van der Waals surface area contributed by atoms with Gasteiger partial charge in [-0.25, -0.2) is 4.68 Å². The smallest absolute Gasteiger partial charge is 0.252 e. The van der Waals surface area contributed by atoms with Gasteiger partial charge < -0.3 is 14.5 Å². The molecule has 0 aliphatic heterocycles. The summed E-state index contributed by atoms with van der Waals surface area (Å²) in [4.78, 5) is 18.7. The summed E-state index contributed by atoms with van der Waals surface area (Å²) in [5, 5.41) is 14.2. The highest BCUT2D eigenvalue weighted by atomic mass is 16.5. The van der Waals surface area contributed by atoms with E-state index in [1.54, 1.807) is 14.2 Å². The normalized spacial score (nSPS) is 15.0. The largest absolute Gasteiger partial charge is 0.493 e. The van der Waals surface area contributed by atoms with E-state index < -0.39 is 0 Å². The van der Waals surface area contributed by atoms with Crippen molar-refractivity contribution in [3.8, 4) is 11.5 Å². The summed E-state index contributed by atoms with van der Waals surface area (Å²) in [6.45, 7) is 5.41. The predicted octanol–water partition coefficient (Wildman–Crippen LogP) is 5.54. The van der Waals surface area contributed by atoms with Gasteiger partial charge in [0.05, 0.1) is 26.3 Å². The summed E-state index contributed by atoms with van der Waals surface area (Å²) < 4.78 is 13.0. The maximum absolute atomic E-state index is 13.3. The molecule has 1 fully saturated rings. The Morgan fingerprint density at radius 1 is 1.05 bits per heavy atom. The van der Waals surface area contributed by atoms with Crippen molar-refractivity contribution in [1.82, 2.24) is 30.1 Å². The van der Waals surface area contributed by atoms with Crippen molar-refractivity contribution >= 4 is 10.9 Å². The van der Waals surface area contributed by atoms with Gasteiger partial charge in [0.25, 0.3) is 5.56 Å². The molecular formula is C31H40N6O3. The maximum Gasteiger partial charge on any atom is 0.252 e. The van der Waals surface area contributed by atoms with Crippen molar-refractivity contribution in [1.29, 1.82) is 0 Å². The third kappa shape index (κ3) is 6.04. The fourth-order valence-electron chi connectivity index (χ4n) is 5.96. The number of nitrogens with one attached hydrogen (secondary N) is 1. The number of H-pyrrole nitrogens is 1. The molecule has 0 amide bonds. The first kappa shape index (κ1) is 27.8. The second kappa shape index (κ2) is 12.6. The van der Waals surface area contributed by atoms with Crippen LogP contribution < -0.4 is 15.0 Å². The first-order chi connectivity index (χ1) is 19.5. The topological polar surface area (TPSA) is 98.2 Å². The monoisotopic (exact) mass is 544 g/mol. The SMILES string of the molecule is CCC(c1nnnn1C1CCCCC1)N(CCc1ccc(OC)c(OC)c1)Cc1cc2ccc(C)cc2[nH]c1=O. The molecule has 1 aliphatic carbocycles. The lowest BCUT2D eigenvalue weighted by atomic mass is 9.95. The van der Waals surface area contributed by atoms with Crippen LogP contribution in [0, 0.1) is 6.92 Å². The number of rotatable bonds is 11. The molecule has 0 radical (unpaired) electrons. The zero-order valence-corrected chi connectivity index (χ0v) is 24.0. The summed E-state index contributed by atoms with van der Waals surface area (Å²) in [7, 11) is 3.30. The third-order valence-corrected chi connectivity index (χ3v) is 8.15. The van der Waals surface area contributed by atoms with Crippen LogP contribution in [-0.2, 0) is 13.0 Å². The lowest BCUT2D eigenvalue weighted by Crippen LogP contribution is -2.35. The second-order valence-corrected chi connectivity index (χ2v) is 10.8. The van der Waals surface area contributed by atoms with Crippen LogP contribution in [0.5, 0.6) is 11.5 Å². The van der Waals surface area contributed by atoms with Gasteiger partial charge in [0.2, 0.25) is 0 Å². The van der Waals surface area contributed by atoms with E-state index in [1.165, 1.54) is 19.3 Å². The number of aromatic amines is 1. The van der Waals surface area contributed by atoms with Gasteiger partial charge >= 0.3 is 0 Å². The van der Waals surface area contributed by atoms with Crippen molar-refractivity contribution in [2.24, 2.45) is 0 Å². The van der Waals surface area contributed by atoms with Crippen molar-refractivity contribution in [2.75, 3.05) is 20.8 Å². The Bertz CT molecular complexity index is 1490. The van der Waals surface area contributed by atoms with Gasteiger partial charge in [0.15, 0.2) is 17.3 Å². The van der Waals surface area contributed by atoms with E-state index in [4.69, 9.17) is 9.47 Å². The first-order valence-corrected chi connectivity index (χ1v) is 14.4. The molecule has 1 atom stereocenters. The zero-order chi connectivity index (χ0) is 28.1. The van der Waals surface area contributed by atoms with Crippen LogP contribution in [0.15, 0.2) is 47.3 Å². The molecule has 9 heteroatoms. The number of hydrogen-bond donors (Lipinski definition) is 1. The van der Waals surface area contributed by atoms with E-state index in [0.717, 1.165) is 65.6 Å². The average molecular weight is 545 g/mol. The van der Waals surface area contributed by atoms with Crippen molar-refractivity contribution < 1.29 is 9.47 Å². The van der Waals surface area contributed by atoms with E-state index in [9.17, 15) is 4.79 Å². The Morgan fingerprint density at radius 2 is 1.85 bits per heavy atom. The van der Waals surface area contributed by atoms with Crippen molar-refractivity contribution in [2.45, 2.75) is 77.4 Å². The van der Waals surface area contributed by atoms with Crippen molar-refractivity contribution in [3.05, 3.63) is 75.3 Å². The van der Waals surface area contributed by atoms with Crippen molar-refractivity contribution in [3.63, 3.8) is 0 Å². The van der Waals surface area contributed by atoms with Crippen LogP contribution in [0.25, 0.3) is 10.9 Å². The number of methoxy groups -OCH3 is 2. The number of pyridine rings is 1. The summed E-state index contributed by atoms with van der Waals surface area (Å²) in [6, 6.07) is 14.5. The van der Waals surface area contributed by atoms with E-state index in [0.29, 0.717) is 24.1 Å². The number of fused-ring (bicyclic) bond motifs is 1. The Balaban J connectivity index is 1.48. The van der Waals surface area contributed by atoms with E-state index in [-0.39, 0.29) is 11.6 Å². The lowest BCUT2D eigenvalue weighted by molar-refractivity contribution is 0.165. The maximum atomic E-state index is 13.3. The van der Waals surface area contributed by atoms with Gasteiger partial charge in [-0.15, -0.1) is 5.10 Å². The molecule has 0 spiro atoms. The summed E-state index contributed by atoms with van der Waals surface area (Å²) in [5.74, 6) is 2.30. The molecule has 1 N–H and O–H groups in total. The molecule has 2 heterocycles. The lowest BCUT2D eigenvalue weighted by Gasteiger charge is -2.32. The molecule has 2 aromatic carbocycles. The Labute approximate surface area is 235 Å². The van der Waals surface area contributed by atoms with E-state index in [1.807, 2.05) is 31.2 Å². The molecule has 212 valence electrons. The molecule has 40 heavy (non-hydrogen) atoms. The fourth-order valence-corrected chi connectivity index (χ4v) is 5.96. The molecule has 1 unspecified atom stereocenters. The van der Waals surface area contributed by atoms with E-state index in [2.05, 4.69) is 55.2 Å². The van der Waals surface area contributed by atoms with Crippen LogP contribution in [0.2, 0.25) is 0 Å². The molecule has 0 saturated heterocycles. The van der Waals surface area contributed by atoms with Crippen LogP contribution in [0.3, 0.4) is 0 Å². The molecule has 1 saturated carbocycles. The highest BCUT2D eigenvalue weighted by Crippen LogP contribution is 2.33. The van der Waals surface area contributed by atoms with Crippen LogP contribution in [0.1, 0.15) is 80.0 Å². The van der Waals surface area contributed by atoms with Gasteiger partial charge in [-0.3, -0.25) is 9.69 Å². The molecule has 5 rings (SSSR count). The average Bonchev–Trinajstić information content (AvgIpc) is 3.46. The summed E-state index contributed by atoms with van der Waals surface area (Å²) in [5.41, 5.74) is 3.79. The van der Waals surface area contributed by atoms with Crippen LogP contribution in [-0.4, -0.2) is 50.9 Å². The molecule has 4 aromatic rings. The van der Waals surface area contributed by atoms with E-state index >= 15 is 0 Å². The first-order valence-electron chi connectivity index (χ1n) is 14.4. The second-order valence-electron chi connectivity index (χ2n) is 10.8. The summed E-state index contributed by atoms with van der Waals surface area (Å²) in [6.07, 6.45) is 7.47. The fraction of sp³-hybridized carbons (Fsp3) is 0.484. The molecule has 9 nitrogen and oxygen atoms in total. The quantitative estimate of drug-likeness (QED) is 0.265. The molecule has 2 aromatic heterocycles. The third-order valence-electron chi connectivity index (χ3n) is 8.15. The number of nitrogens with zero attached hydrogens (tertiary/aromatic N) is 5. The Hall–Kier alpha value is -3.72. The minimum atomic E-state index is -0.0593. The van der Waals surface area contributed by atoms with Gasteiger partial charge in [0.1, 0.15) is 0 Å². The van der Waals surface area contributed by atoms with Gasteiger partial charge in [-0.2, -0.15) is 0 Å². The Kier molecular flexibility index (Phi) is 8.79. The van der Waals surface area contributed by atoms with Gasteiger partial charge in [-0.05, 0) is 83.8 Å². The van der Waals surface area contributed by atoms with Crippen LogP contribution in [0.4, 0.5) is 0 Å². The number of benzene rings is 2. The zero-order valence-electron chi connectivity index (χ0n) is 24.0. The summed E-state index contributed by atoms with van der Waals surface area (Å²) >= 11 is 0. The van der Waals surface area contributed by atoms with Gasteiger partial charge in [0, 0.05) is 24.2 Å². The highest BCUT2D eigenvalue weighted by Gasteiger charge is 2.29. The number of hydrogen-bond acceptors (Lipinski definition) is 7. The minimum absolute atomic E-state index is 0.0369. The molecular weight excluding hydrogens is 504 g/mol. The minimum Gasteiger partial charge on any atom is -0.493 e.